The van der Waals surface area contributed by atoms with E-state index in [1.807, 2.05) is 19.1 Å². The van der Waals surface area contributed by atoms with Gasteiger partial charge in [0, 0.05) is 13.5 Å². The summed E-state index contributed by atoms with van der Waals surface area (Å²) in [7, 11) is 0. The van der Waals surface area contributed by atoms with Crippen LogP contribution in [0.1, 0.15) is 49.5 Å². The number of ether oxygens (including phenoxy) is 1. The SMILES string of the molecule is CCOc1ccc(C(CNC(=O)Cc2noc(C)n2)N2CCCCC2)cc1. The summed E-state index contributed by atoms with van der Waals surface area (Å²) in [6, 6.07) is 8.34. The van der Waals surface area contributed by atoms with Gasteiger partial charge in [-0.1, -0.05) is 23.7 Å². The summed E-state index contributed by atoms with van der Waals surface area (Å²) in [5.74, 6) is 1.66. The van der Waals surface area contributed by atoms with Crippen LogP contribution in [0.25, 0.3) is 0 Å². The van der Waals surface area contributed by atoms with E-state index in [1.165, 1.54) is 24.8 Å². The fourth-order valence-corrected chi connectivity index (χ4v) is 3.47. The first-order chi connectivity index (χ1) is 13.2. The molecule has 1 amide bonds. The lowest BCUT2D eigenvalue weighted by atomic mass is 10.0. The molecule has 27 heavy (non-hydrogen) atoms. The van der Waals surface area contributed by atoms with Crippen molar-refractivity contribution in [3.63, 3.8) is 0 Å². The molecule has 1 fully saturated rings. The van der Waals surface area contributed by atoms with Crippen LogP contribution in [0.15, 0.2) is 28.8 Å². The minimum absolute atomic E-state index is 0.0938. The molecule has 1 aromatic heterocycles. The fourth-order valence-electron chi connectivity index (χ4n) is 3.47. The third kappa shape index (κ3) is 5.53. The molecule has 0 aliphatic carbocycles. The second-order valence-electron chi connectivity index (χ2n) is 6.82. The number of carbonyl (C=O) groups excluding carboxylic acids is 1. The zero-order valence-corrected chi connectivity index (χ0v) is 16.1. The Morgan fingerprint density at radius 2 is 2.00 bits per heavy atom. The van der Waals surface area contributed by atoms with Gasteiger partial charge in [0.15, 0.2) is 5.82 Å². The van der Waals surface area contributed by atoms with E-state index in [1.54, 1.807) is 6.92 Å². The minimum atomic E-state index is -0.0938. The molecule has 2 aromatic rings. The lowest BCUT2D eigenvalue weighted by molar-refractivity contribution is -0.120. The van der Waals surface area contributed by atoms with E-state index >= 15 is 0 Å². The van der Waals surface area contributed by atoms with E-state index in [-0.39, 0.29) is 18.4 Å². The second kappa shape index (κ2) is 9.50. The molecule has 7 nitrogen and oxygen atoms in total. The number of aromatic nitrogens is 2. The smallest absolute Gasteiger partial charge is 0.227 e. The maximum absolute atomic E-state index is 12.3. The molecule has 3 rings (SSSR count). The molecule has 1 aromatic carbocycles. The molecular formula is C20H28N4O3. The Balaban J connectivity index is 1.65. The van der Waals surface area contributed by atoms with E-state index in [9.17, 15) is 4.79 Å². The van der Waals surface area contributed by atoms with Crippen LogP contribution in [0.4, 0.5) is 0 Å². The number of piperidine rings is 1. The summed E-state index contributed by atoms with van der Waals surface area (Å²) >= 11 is 0. The fraction of sp³-hybridized carbons (Fsp3) is 0.550. The summed E-state index contributed by atoms with van der Waals surface area (Å²) in [5, 5.41) is 6.83. The lowest BCUT2D eigenvalue weighted by Gasteiger charge is -2.35. The van der Waals surface area contributed by atoms with Gasteiger partial charge in [0.25, 0.3) is 0 Å². The number of benzene rings is 1. The van der Waals surface area contributed by atoms with Gasteiger partial charge < -0.3 is 14.6 Å². The highest BCUT2D eigenvalue weighted by Crippen LogP contribution is 2.26. The van der Waals surface area contributed by atoms with Crippen LogP contribution >= 0.6 is 0 Å². The van der Waals surface area contributed by atoms with Crippen molar-refractivity contribution >= 4 is 5.91 Å². The molecule has 0 saturated carbocycles. The summed E-state index contributed by atoms with van der Waals surface area (Å²) in [4.78, 5) is 18.9. The molecule has 2 heterocycles. The Morgan fingerprint density at radius 3 is 2.63 bits per heavy atom. The zero-order valence-electron chi connectivity index (χ0n) is 16.1. The van der Waals surface area contributed by atoms with Crippen LogP contribution in [0.3, 0.4) is 0 Å². The molecule has 1 aliphatic heterocycles. The number of aryl methyl sites for hydroxylation is 1. The van der Waals surface area contributed by atoms with Gasteiger partial charge in [0.2, 0.25) is 11.8 Å². The number of hydrogen-bond acceptors (Lipinski definition) is 6. The number of amides is 1. The van der Waals surface area contributed by atoms with Gasteiger partial charge in [0.05, 0.1) is 19.1 Å². The van der Waals surface area contributed by atoms with Gasteiger partial charge in [-0.3, -0.25) is 9.69 Å². The molecule has 1 aliphatic rings. The van der Waals surface area contributed by atoms with Crippen LogP contribution in [0, 0.1) is 6.92 Å². The van der Waals surface area contributed by atoms with Crippen molar-refractivity contribution in [2.75, 3.05) is 26.2 Å². The van der Waals surface area contributed by atoms with Gasteiger partial charge >= 0.3 is 0 Å². The second-order valence-corrected chi connectivity index (χ2v) is 6.82. The first-order valence-corrected chi connectivity index (χ1v) is 9.68. The first kappa shape index (κ1) is 19.4. The number of carbonyl (C=O) groups is 1. The largest absolute Gasteiger partial charge is 0.494 e. The minimum Gasteiger partial charge on any atom is -0.494 e. The molecule has 7 heteroatoms. The summed E-state index contributed by atoms with van der Waals surface area (Å²) in [5.41, 5.74) is 1.19. The summed E-state index contributed by atoms with van der Waals surface area (Å²) in [6.07, 6.45) is 3.80. The van der Waals surface area contributed by atoms with E-state index < -0.39 is 0 Å². The third-order valence-electron chi connectivity index (χ3n) is 4.79. The molecule has 146 valence electrons. The predicted molar refractivity (Wildman–Crippen MR) is 102 cm³/mol. The Kier molecular flexibility index (Phi) is 6.81. The lowest BCUT2D eigenvalue weighted by Crippen LogP contribution is -2.41. The highest BCUT2D eigenvalue weighted by atomic mass is 16.5. The Morgan fingerprint density at radius 1 is 1.26 bits per heavy atom. The van der Waals surface area contributed by atoms with Crippen molar-refractivity contribution in [1.82, 2.24) is 20.4 Å². The van der Waals surface area contributed by atoms with E-state index in [4.69, 9.17) is 9.26 Å². The topological polar surface area (TPSA) is 80.5 Å². The predicted octanol–water partition coefficient (Wildman–Crippen LogP) is 2.66. The Labute approximate surface area is 160 Å². The van der Waals surface area contributed by atoms with Crippen LogP contribution in [0.5, 0.6) is 5.75 Å². The molecule has 0 bridgehead atoms. The van der Waals surface area contributed by atoms with Gasteiger partial charge in [0.1, 0.15) is 5.75 Å². The molecular weight excluding hydrogens is 344 g/mol. The molecule has 0 radical (unpaired) electrons. The highest BCUT2D eigenvalue weighted by molar-refractivity contribution is 5.77. The quantitative estimate of drug-likeness (QED) is 0.767. The molecule has 1 saturated heterocycles. The average Bonchev–Trinajstić information content (AvgIpc) is 3.09. The number of rotatable bonds is 8. The van der Waals surface area contributed by atoms with Gasteiger partial charge in [-0.2, -0.15) is 4.98 Å². The Hall–Kier alpha value is -2.41. The standard InChI is InChI=1S/C20H28N4O3/c1-3-26-17-9-7-16(8-10-17)18(24-11-5-4-6-12-24)14-21-20(25)13-19-22-15(2)27-23-19/h7-10,18H,3-6,11-14H2,1-2H3,(H,21,25). The van der Waals surface area contributed by atoms with Gasteiger partial charge in [-0.05, 0) is 50.6 Å². The van der Waals surface area contributed by atoms with Crippen molar-refractivity contribution in [3.8, 4) is 5.75 Å². The van der Waals surface area contributed by atoms with Gasteiger partial charge in [-0.25, -0.2) is 0 Å². The summed E-state index contributed by atoms with van der Waals surface area (Å²) in [6.45, 7) is 7.01. The van der Waals surface area contributed by atoms with Crippen LogP contribution in [-0.2, 0) is 11.2 Å². The van der Waals surface area contributed by atoms with E-state index in [0.29, 0.717) is 24.9 Å². The monoisotopic (exact) mass is 372 g/mol. The number of nitrogens with zero attached hydrogens (tertiary/aromatic N) is 3. The first-order valence-electron chi connectivity index (χ1n) is 9.68. The van der Waals surface area contributed by atoms with Crippen LogP contribution < -0.4 is 10.1 Å². The van der Waals surface area contributed by atoms with Crippen molar-refractivity contribution in [2.45, 2.75) is 45.6 Å². The molecule has 1 atom stereocenters. The van der Waals surface area contributed by atoms with Crippen molar-refractivity contribution in [2.24, 2.45) is 0 Å². The average molecular weight is 372 g/mol. The maximum atomic E-state index is 12.3. The third-order valence-corrected chi connectivity index (χ3v) is 4.79. The summed E-state index contributed by atoms with van der Waals surface area (Å²) < 4.78 is 10.5. The van der Waals surface area contributed by atoms with E-state index in [2.05, 4.69) is 32.5 Å². The van der Waals surface area contributed by atoms with Gasteiger partial charge in [-0.15, -0.1) is 0 Å². The molecule has 1 N–H and O–H groups in total. The molecule has 1 unspecified atom stereocenters. The van der Waals surface area contributed by atoms with E-state index in [0.717, 1.165) is 18.8 Å². The number of nitrogens with one attached hydrogen (secondary N) is 1. The highest BCUT2D eigenvalue weighted by Gasteiger charge is 2.23. The van der Waals surface area contributed by atoms with Crippen molar-refractivity contribution in [1.29, 1.82) is 0 Å². The van der Waals surface area contributed by atoms with Crippen LogP contribution in [-0.4, -0.2) is 47.2 Å². The van der Waals surface area contributed by atoms with Crippen LogP contribution in [0.2, 0.25) is 0 Å². The normalized spacial score (nSPS) is 16.1. The molecule has 0 spiro atoms. The van der Waals surface area contributed by atoms with Crippen molar-refractivity contribution < 1.29 is 14.1 Å². The van der Waals surface area contributed by atoms with Crippen molar-refractivity contribution in [3.05, 3.63) is 41.5 Å². The zero-order chi connectivity index (χ0) is 19.1. The number of likely N-dealkylation sites (tertiary alicyclic amines) is 1. The number of hydrogen-bond donors (Lipinski definition) is 1. The Bertz CT molecular complexity index is 723. The maximum Gasteiger partial charge on any atom is 0.227 e.